The summed E-state index contributed by atoms with van der Waals surface area (Å²) in [5, 5.41) is 0. The van der Waals surface area contributed by atoms with Gasteiger partial charge in [0.25, 0.3) is 0 Å². The molecule has 2 rings (SSSR count). The van der Waals surface area contributed by atoms with Crippen molar-refractivity contribution in [2.45, 2.75) is 19.3 Å². The molecule has 1 fully saturated rings. The van der Waals surface area contributed by atoms with Gasteiger partial charge in [0.15, 0.2) is 0 Å². The molecular formula is C12H14BrN2Se. The minimum absolute atomic E-state index is 0.988. The molecular weight excluding hydrogens is 331 g/mol. The topological polar surface area (TPSA) is 15.6 Å². The van der Waals surface area contributed by atoms with Crippen LogP contribution in [0.4, 0.5) is 5.69 Å². The number of rotatable bonds is 1. The molecule has 1 radical (unpaired) electrons. The Morgan fingerprint density at radius 1 is 1.19 bits per heavy atom. The van der Waals surface area contributed by atoms with Crippen molar-refractivity contribution in [3.05, 3.63) is 28.7 Å². The van der Waals surface area contributed by atoms with E-state index >= 15 is 0 Å². The molecule has 4 heteroatoms. The molecule has 1 saturated heterocycles. The number of aliphatic imine (C=N–C) groups is 1. The molecule has 0 aliphatic carbocycles. The second kappa shape index (κ2) is 5.85. The maximum atomic E-state index is 4.62. The van der Waals surface area contributed by atoms with Gasteiger partial charge in [0.1, 0.15) is 0 Å². The second-order valence-corrected chi connectivity index (χ2v) is 5.51. The number of hydrogen-bond donors (Lipinski definition) is 0. The fourth-order valence-electron chi connectivity index (χ4n) is 1.80. The quantitative estimate of drug-likeness (QED) is 0.434. The van der Waals surface area contributed by atoms with Gasteiger partial charge in [-0.2, -0.15) is 0 Å². The van der Waals surface area contributed by atoms with Crippen molar-refractivity contribution in [2.75, 3.05) is 13.1 Å². The van der Waals surface area contributed by atoms with Crippen LogP contribution in [0.15, 0.2) is 33.7 Å². The van der Waals surface area contributed by atoms with Gasteiger partial charge in [-0.3, -0.25) is 0 Å². The zero-order chi connectivity index (χ0) is 11.4. The molecule has 1 aromatic rings. The zero-order valence-corrected chi connectivity index (χ0v) is 12.3. The first-order valence-corrected chi connectivity index (χ1v) is 7.17. The second-order valence-electron chi connectivity index (χ2n) is 3.89. The normalized spacial score (nSPS) is 17.6. The molecule has 0 saturated carbocycles. The summed E-state index contributed by atoms with van der Waals surface area (Å²) in [7, 11) is 0. The number of amidine groups is 1. The standard InChI is InChI=1S/C12H14BrN2Se/c13-10-6-2-3-7-11(10)14-12(16)15-8-4-1-5-9-15/h2-3,6-7H,1,4-5,8-9H2. The van der Waals surface area contributed by atoms with Crippen molar-refractivity contribution >= 4 is 42.4 Å². The predicted molar refractivity (Wildman–Crippen MR) is 72.4 cm³/mol. The first kappa shape index (κ1) is 12.2. The van der Waals surface area contributed by atoms with Crippen LogP contribution in [0, 0.1) is 0 Å². The fourth-order valence-corrected chi connectivity index (χ4v) is 2.76. The number of nitrogens with zero attached hydrogens (tertiary/aromatic N) is 2. The SMILES string of the molecule is [Se]C(=Nc1ccccc1Br)N1CCCCC1. The predicted octanol–water partition coefficient (Wildman–Crippen LogP) is 3.09. The van der Waals surface area contributed by atoms with Crippen LogP contribution >= 0.6 is 15.9 Å². The molecule has 2 nitrogen and oxygen atoms in total. The Morgan fingerprint density at radius 3 is 2.56 bits per heavy atom. The van der Waals surface area contributed by atoms with Gasteiger partial charge >= 0.3 is 113 Å². The molecule has 1 aliphatic heterocycles. The summed E-state index contributed by atoms with van der Waals surface area (Å²) in [6.07, 6.45) is 3.89. The van der Waals surface area contributed by atoms with Crippen molar-refractivity contribution in [1.29, 1.82) is 0 Å². The molecule has 1 aromatic carbocycles. The van der Waals surface area contributed by atoms with Crippen LogP contribution in [0.25, 0.3) is 0 Å². The molecule has 16 heavy (non-hydrogen) atoms. The third-order valence-corrected chi connectivity index (χ3v) is 4.10. The molecule has 0 amide bonds. The third kappa shape index (κ3) is 3.09. The van der Waals surface area contributed by atoms with Crippen LogP contribution in [-0.4, -0.2) is 38.7 Å². The minimum atomic E-state index is 0.988. The third-order valence-electron chi connectivity index (χ3n) is 2.70. The average Bonchev–Trinajstić information content (AvgIpc) is 2.33. The summed E-state index contributed by atoms with van der Waals surface area (Å²) < 4.78 is 2.05. The summed E-state index contributed by atoms with van der Waals surface area (Å²) in [5.41, 5.74) is 0.988. The summed E-state index contributed by atoms with van der Waals surface area (Å²) in [4.78, 5) is 6.94. The molecule has 1 heterocycles. The molecule has 0 spiro atoms. The Balaban J connectivity index is 2.13. The van der Waals surface area contributed by atoms with Crippen LogP contribution in [0.2, 0.25) is 0 Å². The molecule has 0 unspecified atom stereocenters. The van der Waals surface area contributed by atoms with E-state index in [2.05, 4.69) is 41.8 Å². The fraction of sp³-hybridized carbons (Fsp3) is 0.417. The molecule has 0 N–H and O–H groups in total. The number of piperidine rings is 1. The van der Waals surface area contributed by atoms with Crippen LogP contribution in [0.5, 0.6) is 0 Å². The average molecular weight is 345 g/mol. The van der Waals surface area contributed by atoms with E-state index in [0.717, 1.165) is 28.0 Å². The maximum absolute atomic E-state index is 4.62. The van der Waals surface area contributed by atoms with Crippen molar-refractivity contribution < 1.29 is 0 Å². The van der Waals surface area contributed by atoms with Crippen molar-refractivity contribution in [2.24, 2.45) is 4.99 Å². The monoisotopic (exact) mass is 345 g/mol. The summed E-state index contributed by atoms with van der Waals surface area (Å²) in [5.74, 6) is 0. The molecule has 1 aliphatic rings. The van der Waals surface area contributed by atoms with Crippen LogP contribution in [0.3, 0.4) is 0 Å². The van der Waals surface area contributed by atoms with E-state index in [1.54, 1.807) is 0 Å². The van der Waals surface area contributed by atoms with E-state index in [-0.39, 0.29) is 0 Å². The summed E-state index contributed by atoms with van der Waals surface area (Å²) >= 11 is 6.59. The van der Waals surface area contributed by atoms with Gasteiger partial charge in [-0.15, -0.1) is 0 Å². The molecule has 0 aromatic heterocycles. The summed E-state index contributed by atoms with van der Waals surface area (Å²) in [6.45, 7) is 2.24. The Morgan fingerprint density at radius 2 is 1.88 bits per heavy atom. The molecule has 0 bridgehead atoms. The Hall–Kier alpha value is -0.311. The van der Waals surface area contributed by atoms with Crippen molar-refractivity contribution in [1.82, 2.24) is 4.90 Å². The van der Waals surface area contributed by atoms with Gasteiger partial charge < -0.3 is 0 Å². The van der Waals surface area contributed by atoms with E-state index in [1.807, 2.05) is 24.3 Å². The Kier molecular flexibility index (Phi) is 4.45. The van der Waals surface area contributed by atoms with Crippen LogP contribution in [0.1, 0.15) is 19.3 Å². The zero-order valence-electron chi connectivity index (χ0n) is 9.03. The molecule has 85 valence electrons. The van der Waals surface area contributed by atoms with Crippen LogP contribution < -0.4 is 0 Å². The van der Waals surface area contributed by atoms with Gasteiger partial charge in [-0.25, -0.2) is 0 Å². The van der Waals surface area contributed by atoms with Crippen molar-refractivity contribution in [3.8, 4) is 0 Å². The first-order chi connectivity index (χ1) is 7.77. The first-order valence-electron chi connectivity index (χ1n) is 5.52. The van der Waals surface area contributed by atoms with E-state index < -0.39 is 0 Å². The van der Waals surface area contributed by atoms with Gasteiger partial charge in [0.2, 0.25) is 0 Å². The summed E-state index contributed by atoms with van der Waals surface area (Å²) in [6, 6.07) is 8.05. The number of para-hydroxylation sites is 1. The van der Waals surface area contributed by atoms with Gasteiger partial charge in [0, 0.05) is 0 Å². The van der Waals surface area contributed by atoms with E-state index in [1.165, 1.54) is 19.3 Å². The van der Waals surface area contributed by atoms with E-state index in [4.69, 9.17) is 0 Å². The van der Waals surface area contributed by atoms with Gasteiger partial charge in [-0.1, -0.05) is 0 Å². The number of halogens is 1. The Bertz CT molecular complexity index is 386. The van der Waals surface area contributed by atoms with Gasteiger partial charge in [-0.05, 0) is 0 Å². The van der Waals surface area contributed by atoms with E-state index in [0.29, 0.717) is 0 Å². The number of likely N-dealkylation sites (tertiary alicyclic amines) is 1. The number of hydrogen-bond acceptors (Lipinski definition) is 1. The van der Waals surface area contributed by atoms with Gasteiger partial charge in [0.05, 0.1) is 0 Å². The molecule has 0 atom stereocenters. The van der Waals surface area contributed by atoms with Crippen molar-refractivity contribution in [3.63, 3.8) is 0 Å². The number of benzene rings is 1. The Labute approximate surface area is 113 Å². The van der Waals surface area contributed by atoms with Crippen LogP contribution in [-0.2, 0) is 0 Å². The van der Waals surface area contributed by atoms with E-state index in [9.17, 15) is 0 Å².